The second-order valence-electron chi connectivity index (χ2n) is 3.61. The van der Waals surface area contributed by atoms with Gasteiger partial charge < -0.3 is 11.1 Å². The van der Waals surface area contributed by atoms with Crippen LogP contribution in [0.1, 0.15) is 19.8 Å². The molecule has 0 aliphatic carbocycles. The Morgan fingerprint density at radius 3 is 2.77 bits per heavy atom. The Bertz CT molecular complexity index is 167. The normalized spacial score (nSPS) is 21.1. The van der Waals surface area contributed by atoms with Crippen LogP contribution in [0.15, 0.2) is 0 Å². The van der Waals surface area contributed by atoms with Crippen molar-refractivity contribution >= 4 is 17.7 Å². The van der Waals surface area contributed by atoms with Crippen molar-refractivity contribution in [2.45, 2.75) is 25.8 Å². The minimum Gasteiger partial charge on any atom is -0.354 e. The van der Waals surface area contributed by atoms with E-state index in [0.717, 1.165) is 24.3 Å². The van der Waals surface area contributed by atoms with Gasteiger partial charge in [-0.2, -0.15) is 11.8 Å². The summed E-state index contributed by atoms with van der Waals surface area (Å²) < 4.78 is 0. The lowest BCUT2D eigenvalue weighted by Gasteiger charge is -2.20. The van der Waals surface area contributed by atoms with Crippen molar-refractivity contribution in [1.29, 1.82) is 0 Å². The molecule has 1 saturated heterocycles. The minimum absolute atomic E-state index is 0.0573. The number of thioether (sulfide) groups is 1. The quantitative estimate of drug-likeness (QED) is 0.704. The van der Waals surface area contributed by atoms with Gasteiger partial charge in [0.25, 0.3) is 0 Å². The highest BCUT2D eigenvalue weighted by Crippen LogP contribution is 2.22. The summed E-state index contributed by atoms with van der Waals surface area (Å²) in [6, 6.07) is 0.0573. The van der Waals surface area contributed by atoms with Crippen LogP contribution in [0, 0.1) is 5.92 Å². The first-order valence-electron chi connectivity index (χ1n) is 4.81. The molecule has 1 amide bonds. The highest BCUT2D eigenvalue weighted by Gasteiger charge is 2.20. The molecule has 1 aliphatic heterocycles. The molecular weight excluding hydrogens is 184 g/mol. The predicted molar refractivity (Wildman–Crippen MR) is 56.7 cm³/mol. The van der Waals surface area contributed by atoms with E-state index in [1.54, 1.807) is 0 Å². The molecule has 1 heterocycles. The molecule has 0 aromatic heterocycles. The molecule has 76 valence electrons. The van der Waals surface area contributed by atoms with Gasteiger partial charge >= 0.3 is 0 Å². The molecule has 3 nitrogen and oxygen atoms in total. The molecule has 0 aromatic rings. The smallest absolute Gasteiger partial charge is 0.223 e. The molecular formula is C9H18N2OS. The average molecular weight is 202 g/mol. The Labute approximate surface area is 83.8 Å². The summed E-state index contributed by atoms with van der Waals surface area (Å²) in [5.74, 6) is 2.67. The lowest BCUT2D eigenvalue weighted by molar-refractivity contribution is -0.125. The van der Waals surface area contributed by atoms with Gasteiger partial charge in [-0.05, 0) is 31.3 Å². The van der Waals surface area contributed by atoms with Crippen molar-refractivity contribution in [1.82, 2.24) is 5.32 Å². The van der Waals surface area contributed by atoms with E-state index >= 15 is 0 Å². The number of amides is 1. The topological polar surface area (TPSA) is 55.1 Å². The van der Waals surface area contributed by atoms with Gasteiger partial charge in [-0.15, -0.1) is 0 Å². The first-order valence-corrected chi connectivity index (χ1v) is 5.96. The molecule has 1 unspecified atom stereocenters. The standard InChI is InChI=1S/C9H18N2OS/c1-7(10)6-11-9(12)8-2-4-13-5-3-8/h7-8H,2-6,10H2,1H3,(H,11,12). The molecule has 0 aromatic carbocycles. The Kier molecular flexibility index (Phi) is 4.59. The summed E-state index contributed by atoms with van der Waals surface area (Å²) in [5.41, 5.74) is 5.55. The fourth-order valence-corrected chi connectivity index (χ4v) is 2.47. The van der Waals surface area contributed by atoms with E-state index in [-0.39, 0.29) is 17.9 Å². The lowest BCUT2D eigenvalue weighted by atomic mass is 10.0. The van der Waals surface area contributed by atoms with Gasteiger partial charge in [0.1, 0.15) is 0 Å². The van der Waals surface area contributed by atoms with Crippen LogP contribution in [0.5, 0.6) is 0 Å². The molecule has 13 heavy (non-hydrogen) atoms. The number of nitrogens with two attached hydrogens (primary N) is 1. The van der Waals surface area contributed by atoms with E-state index in [9.17, 15) is 4.79 Å². The summed E-state index contributed by atoms with van der Waals surface area (Å²) >= 11 is 1.94. The summed E-state index contributed by atoms with van der Waals surface area (Å²) in [7, 11) is 0. The van der Waals surface area contributed by atoms with Gasteiger partial charge in [-0.1, -0.05) is 0 Å². The van der Waals surface area contributed by atoms with Gasteiger partial charge in [0.15, 0.2) is 0 Å². The molecule has 0 spiro atoms. The van der Waals surface area contributed by atoms with Crippen LogP contribution in [0.25, 0.3) is 0 Å². The SMILES string of the molecule is CC(N)CNC(=O)C1CCSCC1. The third-order valence-corrected chi connectivity index (χ3v) is 3.24. The number of rotatable bonds is 3. The van der Waals surface area contributed by atoms with E-state index in [0.29, 0.717) is 6.54 Å². The second kappa shape index (κ2) is 5.50. The third kappa shape index (κ3) is 4.00. The van der Waals surface area contributed by atoms with Crippen LogP contribution in [-0.4, -0.2) is 30.0 Å². The summed E-state index contributed by atoms with van der Waals surface area (Å²) in [6.45, 7) is 2.50. The van der Waals surface area contributed by atoms with E-state index < -0.39 is 0 Å². The van der Waals surface area contributed by atoms with E-state index in [4.69, 9.17) is 5.73 Å². The Balaban J connectivity index is 2.21. The van der Waals surface area contributed by atoms with Gasteiger partial charge in [0.2, 0.25) is 5.91 Å². The fraction of sp³-hybridized carbons (Fsp3) is 0.889. The third-order valence-electron chi connectivity index (χ3n) is 2.19. The van der Waals surface area contributed by atoms with Gasteiger partial charge in [0.05, 0.1) is 0 Å². The van der Waals surface area contributed by atoms with Crippen LogP contribution in [-0.2, 0) is 4.79 Å². The van der Waals surface area contributed by atoms with Crippen LogP contribution >= 0.6 is 11.8 Å². The highest BCUT2D eigenvalue weighted by molar-refractivity contribution is 7.99. The first kappa shape index (κ1) is 10.9. The van der Waals surface area contributed by atoms with Crippen molar-refractivity contribution in [3.8, 4) is 0 Å². The van der Waals surface area contributed by atoms with Gasteiger partial charge in [-0.3, -0.25) is 4.79 Å². The highest BCUT2D eigenvalue weighted by atomic mass is 32.2. The molecule has 1 fully saturated rings. The minimum atomic E-state index is 0.0573. The number of carbonyl (C=O) groups is 1. The van der Waals surface area contributed by atoms with Crippen molar-refractivity contribution < 1.29 is 4.79 Å². The summed E-state index contributed by atoms with van der Waals surface area (Å²) in [4.78, 5) is 11.5. The number of carbonyl (C=O) groups excluding carboxylic acids is 1. The zero-order valence-electron chi connectivity index (χ0n) is 8.08. The molecule has 1 aliphatic rings. The zero-order valence-corrected chi connectivity index (χ0v) is 8.90. The van der Waals surface area contributed by atoms with Gasteiger partial charge in [0, 0.05) is 18.5 Å². The lowest BCUT2D eigenvalue weighted by Crippen LogP contribution is -2.39. The van der Waals surface area contributed by atoms with E-state index in [1.165, 1.54) is 0 Å². The van der Waals surface area contributed by atoms with Crippen LogP contribution in [0.3, 0.4) is 0 Å². The maximum absolute atomic E-state index is 11.5. The van der Waals surface area contributed by atoms with Crippen molar-refractivity contribution in [3.05, 3.63) is 0 Å². The number of hydrogen-bond acceptors (Lipinski definition) is 3. The summed E-state index contributed by atoms with van der Waals surface area (Å²) in [5, 5.41) is 2.88. The maximum atomic E-state index is 11.5. The molecule has 1 atom stereocenters. The number of nitrogens with one attached hydrogen (secondary N) is 1. The molecule has 1 rings (SSSR count). The molecule has 0 saturated carbocycles. The second-order valence-corrected chi connectivity index (χ2v) is 4.83. The first-order chi connectivity index (χ1) is 6.20. The Hall–Kier alpha value is -0.220. The largest absolute Gasteiger partial charge is 0.354 e. The number of hydrogen-bond donors (Lipinski definition) is 2. The fourth-order valence-electron chi connectivity index (χ4n) is 1.37. The van der Waals surface area contributed by atoms with Crippen molar-refractivity contribution in [2.75, 3.05) is 18.1 Å². The monoisotopic (exact) mass is 202 g/mol. The van der Waals surface area contributed by atoms with Crippen molar-refractivity contribution in [2.24, 2.45) is 11.7 Å². The maximum Gasteiger partial charge on any atom is 0.223 e. The van der Waals surface area contributed by atoms with Crippen molar-refractivity contribution in [3.63, 3.8) is 0 Å². The van der Waals surface area contributed by atoms with E-state index in [2.05, 4.69) is 5.32 Å². The molecule has 4 heteroatoms. The molecule has 0 bridgehead atoms. The zero-order chi connectivity index (χ0) is 9.68. The van der Waals surface area contributed by atoms with Gasteiger partial charge in [-0.25, -0.2) is 0 Å². The Morgan fingerprint density at radius 1 is 1.62 bits per heavy atom. The van der Waals surface area contributed by atoms with Crippen LogP contribution < -0.4 is 11.1 Å². The van der Waals surface area contributed by atoms with Crippen LogP contribution in [0.4, 0.5) is 0 Å². The summed E-state index contributed by atoms with van der Waals surface area (Å²) in [6.07, 6.45) is 2.05. The van der Waals surface area contributed by atoms with Crippen LogP contribution in [0.2, 0.25) is 0 Å². The van der Waals surface area contributed by atoms with E-state index in [1.807, 2.05) is 18.7 Å². The Morgan fingerprint density at radius 2 is 2.23 bits per heavy atom. The average Bonchev–Trinajstić information content (AvgIpc) is 2.15. The molecule has 3 N–H and O–H groups in total. The predicted octanol–water partition coefficient (Wildman–Crippen LogP) is 0.593. The molecule has 0 radical (unpaired) electrons.